The third-order valence-corrected chi connectivity index (χ3v) is 6.46. The monoisotopic (exact) mass is 404 g/mol. The molecule has 0 aliphatic carbocycles. The van der Waals surface area contributed by atoms with E-state index in [1.807, 2.05) is 0 Å². The predicted molar refractivity (Wildman–Crippen MR) is 92.2 cm³/mol. The van der Waals surface area contributed by atoms with Gasteiger partial charge in [0, 0.05) is 24.7 Å². The van der Waals surface area contributed by atoms with Crippen LogP contribution >= 0.6 is 15.9 Å². The molecule has 0 saturated carbocycles. The highest BCUT2D eigenvalue weighted by Crippen LogP contribution is 2.25. The maximum absolute atomic E-state index is 12.3. The normalized spacial score (nSPS) is 17.0. The van der Waals surface area contributed by atoms with Crippen molar-refractivity contribution >= 4 is 31.9 Å². The Balaban J connectivity index is 1.94. The molecule has 1 aromatic rings. The number of hydrogen-bond donors (Lipinski definition) is 1. The minimum absolute atomic E-state index is 0.00770. The Morgan fingerprint density at radius 2 is 2.04 bits per heavy atom. The summed E-state index contributed by atoms with van der Waals surface area (Å²) in [4.78, 5) is 12.3. The van der Waals surface area contributed by atoms with Crippen LogP contribution in [-0.4, -0.2) is 50.6 Å². The zero-order chi connectivity index (χ0) is 17.0. The zero-order valence-electron chi connectivity index (χ0n) is 13.2. The zero-order valence-corrected chi connectivity index (χ0v) is 15.6. The highest BCUT2D eigenvalue weighted by molar-refractivity contribution is 9.10. The Morgan fingerprint density at radius 1 is 1.39 bits per heavy atom. The molecule has 2 rings (SSSR count). The Bertz CT molecular complexity index is 670. The van der Waals surface area contributed by atoms with E-state index < -0.39 is 10.0 Å². The van der Waals surface area contributed by atoms with Crippen molar-refractivity contribution in [2.45, 2.75) is 25.8 Å². The van der Waals surface area contributed by atoms with Crippen LogP contribution in [0.15, 0.2) is 22.7 Å². The molecule has 1 amide bonds. The minimum atomic E-state index is -3.14. The number of carbonyl (C=O) groups is 1. The SMILES string of the molecule is CCS(=O)(=O)N1CCC(NC(=O)c2ccc(OC)c(Br)c2)CC1. The number of sulfonamides is 1. The van der Waals surface area contributed by atoms with Crippen molar-refractivity contribution in [3.8, 4) is 5.75 Å². The summed E-state index contributed by atoms with van der Waals surface area (Å²) in [6.07, 6.45) is 1.25. The molecular weight excluding hydrogens is 384 g/mol. The summed E-state index contributed by atoms with van der Waals surface area (Å²) in [5, 5.41) is 2.97. The van der Waals surface area contributed by atoms with Gasteiger partial charge in [-0.15, -0.1) is 0 Å². The van der Waals surface area contributed by atoms with Gasteiger partial charge in [0.2, 0.25) is 10.0 Å². The number of nitrogens with zero attached hydrogens (tertiary/aromatic N) is 1. The lowest BCUT2D eigenvalue weighted by atomic mass is 10.1. The van der Waals surface area contributed by atoms with E-state index in [4.69, 9.17) is 4.74 Å². The molecule has 23 heavy (non-hydrogen) atoms. The minimum Gasteiger partial charge on any atom is -0.496 e. The first-order valence-corrected chi connectivity index (χ1v) is 9.89. The second-order valence-electron chi connectivity index (χ2n) is 5.40. The first-order valence-electron chi connectivity index (χ1n) is 7.49. The molecule has 1 aliphatic rings. The standard InChI is InChI=1S/C15H21BrN2O4S/c1-3-23(20,21)18-8-6-12(7-9-18)17-15(19)11-4-5-14(22-2)13(16)10-11/h4-5,10,12H,3,6-9H2,1-2H3,(H,17,19). The predicted octanol–water partition coefficient (Wildman–Crippen LogP) is 2.00. The van der Waals surface area contributed by atoms with E-state index in [2.05, 4.69) is 21.2 Å². The number of halogens is 1. The van der Waals surface area contributed by atoms with Crippen LogP contribution in [0.5, 0.6) is 5.75 Å². The van der Waals surface area contributed by atoms with Gasteiger partial charge < -0.3 is 10.1 Å². The molecule has 1 aromatic carbocycles. The van der Waals surface area contributed by atoms with Crippen molar-refractivity contribution < 1.29 is 17.9 Å². The van der Waals surface area contributed by atoms with Crippen LogP contribution in [0.1, 0.15) is 30.1 Å². The third-order valence-electron chi connectivity index (χ3n) is 3.96. The second kappa shape index (κ2) is 7.63. The van der Waals surface area contributed by atoms with Gasteiger partial charge in [-0.25, -0.2) is 12.7 Å². The number of methoxy groups -OCH3 is 1. The summed E-state index contributed by atoms with van der Waals surface area (Å²) in [5.41, 5.74) is 0.543. The molecule has 1 saturated heterocycles. The molecular formula is C15H21BrN2O4S. The summed E-state index contributed by atoms with van der Waals surface area (Å²) in [5.74, 6) is 0.619. The van der Waals surface area contributed by atoms with Gasteiger partial charge in [0.25, 0.3) is 5.91 Å². The number of hydrogen-bond acceptors (Lipinski definition) is 4. The van der Waals surface area contributed by atoms with Gasteiger partial charge in [-0.05, 0) is 53.9 Å². The van der Waals surface area contributed by atoms with Crippen molar-refractivity contribution in [3.63, 3.8) is 0 Å². The molecule has 1 aliphatic heterocycles. The van der Waals surface area contributed by atoms with Crippen molar-refractivity contribution in [2.75, 3.05) is 26.0 Å². The van der Waals surface area contributed by atoms with Gasteiger partial charge in [-0.2, -0.15) is 0 Å². The van der Waals surface area contributed by atoms with Crippen LogP contribution in [0.3, 0.4) is 0 Å². The molecule has 0 aromatic heterocycles. The first-order chi connectivity index (χ1) is 10.9. The van der Waals surface area contributed by atoms with Gasteiger partial charge in [0.1, 0.15) is 5.75 Å². The van der Waals surface area contributed by atoms with E-state index in [0.717, 1.165) is 4.47 Å². The molecule has 8 heteroatoms. The molecule has 0 spiro atoms. The lowest BCUT2D eigenvalue weighted by Gasteiger charge is -2.31. The van der Waals surface area contributed by atoms with Gasteiger partial charge in [-0.1, -0.05) is 0 Å². The molecule has 6 nitrogen and oxygen atoms in total. The summed E-state index contributed by atoms with van der Waals surface area (Å²) >= 11 is 3.36. The number of ether oxygens (including phenoxy) is 1. The molecule has 0 unspecified atom stereocenters. The maximum Gasteiger partial charge on any atom is 0.251 e. The van der Waals surface area contributed by atoms with Crippen LogP contribution in [0.2, 0.25) is 0 Å². The van der Waals surface area contributed by atoms with E-state index >= 15 is 0 Å². The van der Waals surface area contributed by atoms with Crippen LogP contribution in [-0.2, 0) is 10.0 Å². The van der Waals surface area contributed by atoms with Crippen molar-refractivity contribution in [2.24, 2.45) is 0 Å². The van der Waals surface area contributed by atoms with Crippen LogP contribution in [0.4, 0.5) is 0 Å². The van der Waals surface area contributed by atoms with Gasteiger partial charge in [0.15, 0.2) is 0 Å². The number of carbonyl (C=O) groups excluding carboxylic acids is 1. The number of amides is 1. The summed E-state index contributed by atoms with van der Waals surface area (Å²) in [6.45, 7) is 2.55. The maximum atomic E-state index is 12.3. The summed E-state index contributed by atoms with van der Waals surface area (Å²) in [6, 6.07) is 5.14. The van der Waals surface area contributed by atoms with E-state index in [-0.39, 0.29) is 17.7 Å². The topological polar surface area (TPSA) is 75.7 Å². The molecule has 1 heterocycles. The number of rotatable bonds is 5. The average molecular weight is 405 g/mol. The molecule has 1 fully saturated rings. The fourth-order valence-electron chi connectivity index (χ4n) is 2.54. The Labute approximate surface area is 145 Å². The van der Waals surface area contributed by atoms with Crippen molar-refractivity contribution in [1.29, 1.82) is 0 Å². The van der Waals surface area contributed by atoms with Crippen LogP contribution in [0, 0.1) is 0 Å². The molecule has 0 bridgehead atoms. The second-order valence-corrected chi connectivity index (χ2v) is 8.51. The lowest BCUT2D eigenvalue weighted by molar-refractivity contribution is 0.0923. The highest BCUT2D eigenvalue weighted by atomic mass is 79.9. The van der Waals surface area contributed by atoms with Gasteiger partial charge in [0.05, 0.1) is 17.3 Å². The first kappa shape index (κ1) is 18.2. The Hall–Kier alpha value is -1.12. The van der Waals surface area contributed by atoms with Gasteiger partial charge >= 0.3 is 0 Å². The number of piperidine rings is 1. The average Bonchev–Trinajstić information content (AvgIpc) is 2.55. The Kier molecular flexibility index (Phi) is 6.05. The largest absolute Gasteiger partial charge is 0.496 e. The summed E-state index contributed by atoms with van der Waals surface area (Å²) in [7, 11) is -1.57. The van der Waals surface area contributed by atoms with Gasteiger partial charge in [-0.3, -0.25) is 4.79 Å². The van der Waals surface area contributed by atoms with E-state index in [1.54, 1.807) is 32.2 Å². The number of nitrogens with one attached hydrogen (secondary N) is 1. The van der Waals surface area contributed by atoms with E-state index in [9.17, 15) is 13.2 Å². The van der Waals surface area contributed by atoms with Crippen LogP contribution in [0.25, 0.3) is 0 Å². The molecule has 0 radical (unpaired) electrons. The summed E-state index contributed by atoms with van der Waals surface area (Å²) < 4.78 is 31.0. The van der Waals surface area contributed by atoms with Crippen LogP contribution < -0.4 is 10.1 Å². The lowest BCUT2D eigenvalue weighted by Crippen LogP contribution is -2.46. The smallest absolute Gasteiger partial charge is 0.251 e. The Morgan fingerprint density at radius 3 is 2.57 bits per heavy atom. The highest BCUT2D eigenvalue weighted by Gasteiger charge is 2.27. The fraction of sp³-hybridized carbons (Fsp3) is 0.533. The molecule has 1 N–H and O–H groups in total. The molecule has 128 valence electrons. The quantitative estimate of drug-likeness (QED) is 0.813. The third kappa shape index (κ3) is 4.45. The van der Waals surface area contributed by atoms with Crippen molar-refractivity contribution in [3.05, 3.63) is 28.2 Å². The van der Waals surface area contributed by atoms with Crippen molar-refractivity contribution in [1.82, 2.24) is 9.62 Å². The number of benzene rings is 1. The van der Waals surface area contributed by atoms with E-state index in [0.29, 0.717) is 37.2 Å². The fourth-order valence-corrected chi connectivity index (χ4v) is 4.21. The molecule has 0 atom stereocenters. The van der Waals surface area contributed by atoms with E-state index in [1.165, 1.54) is 4.31 Å².